The Bertz CT molecular complexity index is 306. The first-order valence-corrected chi connectivity index (χ1v) is 10.3. The molecule has 1 amide bonds. The van der Waals surface area contributed by atoms with Crippen LogP contribution in [0.3, 0.4) is 0 Å². The molecular formula is C20H40N2O2. The fourth-order valence-corrected chi connectivity index (χ4v) is 2.95. The molecule has 0 aliphatic heterocycles. The summed E-state index contributed by atoms with van der Waals surface area (Å²) in [5.41, 5.74) is 0. The number of carbonyl (C=O) groups is 1. The quantitative estimate of drug-likeness (QED) is 0.169. The van der Waals surface area contributed by atoms with E-state index in [1.165, 1.54) is 70.6 Å². The Labute approximate surface area is 149 Å². The van der Waals surface area contributed by atoms with Crippen molar-refractivity contribution in [3.05, 3.63) is 4.91 Å². The first kappa shape index (κ1) is 23.1. The number of hydrogen-bond acceptors (Lipinski definition) is 3. The Kier molecular flexibility index (Phi) is 16.3. The third-order valence-corrected chi connectivity index (χ3v) is 4.42. The van der Waals surface area contributed by atoms with Crippen LogP contribution in [0, 0.1) is 10.8 Å². The zero-order valence-corrected chi connectivity index (χ0v) is 16.4. The molecule has 0 spiro atoms. The van der Waals surface area contributed by atoms with Crippen molar-refractivity contribution in [1.29, 1.82) is 0 Å². The predicted octanol–water partition coefficient (Wildman–Crippen LogP) is 6.63. The van der Waals surface area contributed by atoms with Gasteiger partial charge < -0.3 is 0 Å². The van der Waals surface area contributed by atoms with Gasteiger partial charge in [0, 0.05) is 6.42 Å². The fraction of sp³-hybridized carbons (Fsp3) is 0.950. The van der Waals surface area contributed by atoms with Crippen molar-refractivity contribution in [2.75, 3.05) is 6.54 Å². The van der Waals surface area contributed by atoms with Crippen LogP contribution in [0.4, 0.5) is 0 Å². The molecule has 0 bridgehead atoms. The zero-order chi connectivity index (χ0) is 18.0. The van der Waals surface area contributed by atoms with Crippen LogP contribution in [0.5, 0.6) is 0 Å². The smallest absolute Gasteiger partial charge is 0.245 e. The molecule has 0 N–H and O–H groups in total. The van der Waals surface area contributed by atoms with Crippen LogP contribution in [0.2, 0.25) is 0 Å². The van der Waals surface area contributed by atoms with E-state index >= 15 is 0 Å². The van der Waals surface area contributed by atoms with Crippen molar-refractivity contribution in [3.8, 4) is 0 Å². The average Bonchev–Trinajstić information content (AvgIpc) is 2.56. The maximum Gasteiger partial charge on any atom is 0.245 e. The molecule has 0 atom stereocenters. The van der Waals surface area contributed by atoms with Crippen molar-refractivity contribution in [1.82, 2.24) is 5.01 Å². The van der Waals surface area contributed by atoms with Crippen LogP contribution < -0.4 is 0 Å². The summed E-state index contributed by atoms with van der Waals surface area (Å²) in [5, 5.41) is 3.93. The lowest BCUT2D eigenvalue weighted by molar-refractivity contribution is -0.132. The van der Waals surface area contributed by atoms with E-state index in [2.05, 4.69) is 12.2 Å². The molecule has 0 saturated heterocycles. The van der Waals surface area contributed by atoms with Gasteiger partial charge in [-0.25, -0.2) is 0 Å². The van der Waals surface area contributed by atoms with Crippen LogP contribution >= 0.6 is 0 Å². The van der Waals surface area contributed by atoms with Crippen LogP contribution in [0.1, 0.15) is 111 Å². The van der Waals surface area contributed by atoms with Gasteiger partial charge in [0.05, 0.1) is 11.8 Å². The van der Waals surface area contributed by atoms with E-state index in [0.717, 1.165) is 17.9 Å². The van der Waals surface area contributed by atoms with E-state index < -0.39 is 0 Å². The number of carbonyl (C=O) groups excluding carboxylic acids is 1. The van der Waals surface area contributed by atoms with Crippen LogP contribution in [-0.2, 0) is 4.79 Å². The summed E-state index contributed by atoms with van der Waals surface area (Å²) < 4.78 is 0. The fourth-order valence-electron chi connectivity index (χ4n) is 2.95. The Morgan fingerprint density at radius 3 is 1.58 bits per heavy atom. The summed E-state index contributed by atoms with van der Waals surface area (Å²) in [6.45, 7) is 6.66. The molecule has 0 fully saturated rings. The highest BCUT2D eigenvalue weighted by molar-refractivity contribution is 5.75. The van der Waals surface area contributed by atoms with Gasteiger partial charge in [-0.2, -0.15) is 5.01 Å². The van der Waals surface area contributed by atoms with Crippen LogP contribution in [0.15, 0.2) is 5.29 Å². The predicted molar refractivity (Wildman–Crippen MR) is 103 cm³/mol. The minimum absolute atomic E-state index is 0.123. The van der Waals surface area contributed by atoms with Gasteiger partial charge in [0.2, 0.25) is 5.91 Å². The molecule has 0 aromatic carbocycles. The maximum atomic E-state index is 11.8. The van der Waals surface area contributed by atoms with E-state index in [1.807, 2.05) is 13.8 Å². The molecular weight excluding hydrogens is 300 g/mol. The molecule has 142 valence electrons. The summed E-state index contributed by atoms with van der Waals surface area (Å²) in [6, 6.07) is 0. The lowest BCUT2D eigenvalue weighted by Gasteiger charge is -2.15. The molecule has 0 aliphatic rings. The lowest BCUT2D eigenvalue weighted by atomic mass is 10.0. The zero-order valence-electron chi connectivity index (χ0n) is 16.4. The van der Waals surface area contributed by atoms with Gasteiger partial charge in [-0.3, -0.25) is 4.79 Å². The van der Waals surface area contributed by atoms with Gasteiger partial charge in [0.1, 0.15) is 0 Å². The Hall–Kier alpha value is -0.930. The molecule has 4 heteroatoms. The Balaban J connectivity index is 3.35. The van der Waals surface area contributed by atoms with Crippen LogP contribution in [0.25, 0.3) is 0 Å². The number of nitrogens with zero attached hydrogens (tertiary/aromatic N) is 2. The third kappa shape index (κ3) is 14.6. The van der Waals surface area contributed by atoms with Gasteiger partial charge in [-0.15, -0.1) is 4.91 Å². The first-order valence-electron chi connectivity index (χ1n) is 10.3. The van der Waals surface area contributed by atoms with Crippen molar-refractivity contribution in [3.63, 3.8) is 0 Å². The minimum atomic E-state index is -0.123. The van der Waals surface area contributed by atoms with Gasteiger partial charge in [-0.05, 0) is 12.3 Å². The van der Waals surface area contributed by atoms with Gasteiger partial charge in [-0.1, -0.05) is 97.8 Å². The molecule has 24 heavy (non-hydrogen) atoms. The second-order valence-corrected chi connectivity index (χ2v) is 7.44. The van der Waals surface area contributed by atoms with Gasteiger partial charge >= 0.3 is 0 Å². The molecule has 0 saturated carbocycles. The summed E-state index contributed by atoms with van der Waals surface area (Å²) in [6.07, 6.45) is 17.2. The molecule has 0 aromatic rings. The molecule has 0 aromatic heterocycles. The Morgan fingerprint density at radius 1 is 0.792 bits per heavy atom. The number of amides is 1. The van der Waals surface area contributed by atoms with Gasteiger partial charge in [0.15, 0.2) is 0 Å². The van der Waals surface area contributed by atoms with E-state index in [0.29, 0.717) is 13.0 Å². The number of nitroso groups, excluding NO2 is 1. The van der Waals surface area contributed by atoms with Crippen molar-refractivity contribution in [2.24, 2.45) is 11.2 Å². The van der Waals surface area contributed by atoms with E-state index in [9.17, 15) is 9.70 Å². The number of hydrogen-bond donors (Lipinski definition) is 0. The minimum Gasteiger partial charge on any atom is -0.273 e. The molecule has 0 rings (SSSR count). The average molecular weight is 341 g/mol. The summed E-state index contributed by atoms with van der Waals surface area (Å²) in [7, 11) is 0. The molecule has 4 nitrogen and oxygen atoms in total. The largest absolute Gasteiger partial charge is 0.273 e. The van der Waals surface area contributed by atoms with Crippen molar-refractivity contribution < 1.29 is 4.79 Å². The van der Waals surface area contributed by atoms with Gasteiger partial charge in [0.25, 0.3) is 0 Å². The van der Waals surface area contributed by atoms with Crippen molar-refractivity contribution >= 4 is 5.91 Å². The van der Waals surface area contributed by atoms with E-state index in [1.54, 1.807) is 0 Å². The molecule has 0 heterocycles. The molecule has 0 radical (unpaired) electrons. The number of unbranched alkanes of at least 4 members (excludes halogenated alkanes) is 12. The lowest BCUT2D eigenvalue weighted by Crippen LogP contribution is -2.28. The second kappa shape index (κ2) is 16.9. The van der Waals surface area contributed by atoms with E-state index in [-0.39, 0.29) is 11.8 Å². The standard InChI is InChI=1S/C20H40N2O2/c1-4-5-6-7-8-9-10-11-12-13-14-15-16-17-20(23)22(21-24)18-19(2)3/h19H,4-18H2,1-3H3. The van der Waals surface area contributed by atoms with Crippen LogP contribution in [-0.4, -0.2) is 17.5 Å². The normalized spacial score (nSPS) is 11.0. The molecule has 0 aliphatic carbocycles. The highest BCUT2D eigenvalue weighted by Crippen LogP contribution is 2.13. The number of rotatable bonds is 17. The third-order valence-electron chi connectivity index (χ3n) is 4.42. The topological polar surface area (TPSA) is 49.7 Å². The molecule has 0 unspecified atom stereocenters. The highest BCUT2D eigenvalue weighted by atomic mass is 16.3. The monoisotopic (exact) mass is 340 g/mol. The maximum absolute atomic E-state index is 11.8. The highest BCUT2D eigenvalue weighted by Gasteiger charge is 2.14. The summed E-state index contributed by atoms with van der Waals surface area (Å²) in [5.74, 6) is 0.153. The first-order chi connectivity index (χ1) is 11.6. The summed E-state index contributed by atoms with van der Waals surface area (Å²) >= 11 is 0. The Morgan fingerprint density at radius 2 is 1.21 bits per heavy atom. The summed E-state index contributed by atoms with van der Waals surface area (Å²) in [4.78, 5) is 22.5. The SMILES string of the molecule is CCCCCCCCCCCCCCCC(=O)N(CC(C)C)N=O. The van der Waals surface area contributed by atoms with Crippen molar-refractivity contribution in [2.45, 2.75) is 111 Å². The second-order valence-electron chi connectivity index (χ2n) is 7.44. The van der Waals surface area contributed by atoms with E-state index in [4.69, 9.17) is 0 Å².